The van der Waals surface area contributed by atoms with Gasteiger partial charge in [0.15, 0.2) is 11.5 Å². The lowest BCUT2D eigenvalue weighted by atomic mass is 9.96. The molecule has 34 heavy (non-hydrogen) atoms. The van der Waals surface area contributed by atoms with Crippen LogP contribution in [0.25, 0.3) is 0 Å². The first-order valence-electron chi connectivity index (χ1n) is 10.5. The summed E-state index contributed by atoms with van der Waals surface area (Å²) in [6.45, 7) is 0.131. The van der Waals surface area contributed by atoms with Crippen molar-refractivity contribution in [2.75, 3.05) is 34.4 Å². The van der Waals surface area contributed by atoms with Gasteiger partial charge in [-0.2, -0.15) is 9.57 Å². The van der Waals surface area contributed by atoms with E-state index in [1.165, 1.54) is 43.8 Å². The van der Waals surface area contributed by atoms with Crippen LogP contribution in [-0.4, -0.2) is 53.0 Å². The predicted octanol–water partition coefficient (Wildman–Crippen LogP) is 2.63. The van der Waals surface area contributed by atoms with Crippen LogP contribution in [0.5, 0.6) is 17.2 Å². The number of methoxy groups -OCH3 is 3. The van der Waals surface area contributed by atoms with E-state index in [0.29, 0.717) is 22.8 Å². The van der Waals surface area contributed by atoms with Gasteiger partial charge in [-0.3, -0.25) is 4.79 Å². The summed E-state index contributed by atoms with van der Waals surface area (Å²) in [5, 5.41) is 12.4. The lowest BCUT2D eigenvalue weighted by Crippen LogP contribution is -2.43. The zero-order valence-corrected chi connectivity index (χ0v) is 19.9. The van der Waals surface area contributed by atoms with Crippen molar-refractivity contribution >= 4 is 15.9 Å². The van der Waals surface area contributed by atoms with Crippen molar-refractivity contribution in [3.8, 4) is 23.3 Å². The Morgan fingerprint density at radius 1 is 1.12 bits per heavy atom. The van der Waals surface area contributed by atoms with Crippen LogP contribution in [0.1, 0.15) is 24.4 Å². The van der Waals surface area contributed by atoms with Crippen LogP contribution in [0.2, 0.25) is 0 Å². The number of nitrogens with zero attached hydrogens (tertiary/aromatic N) is 2. The van der Waals surface area contributed by atoms with Crippen molar-refractivity contribution in [1.82, 2.24) is 9.62 Å². The Labute approximate surface area is 198 Å². The van der Waals surface area contributed by atoms with Crippen LogP contribution in [0.15, 0.2) is 41.3 Å². The zero-order valence-electron chi connectivity index (χ0n) is 19.1. The van der Waals surface area contributed by atoms with Crippen LogP contribution in [0.4, 0.5) is 4.39 Å². The number of nitrogens with one attached hydrogen (secondary N) is 1. The van der Waals surface area contributed by atoms with E-state index < -0.39 is 27.8 Å². The molecule has 1 unspecified atom stereocenters. The number of halogens is 1. The lowest BCUT2D eigenvalue weighted by molar-refractivity contribution is -0.126. The fraction of sp³-hybridized carbons (Fsp3) is 0.391. The van der Waals surface area contributed by atoms with Gasteiger partial charge in [0.25, 0.3) is 0 Å². The summed E-state index contributed by atoms with van der Waals surface area (Å²) in [5.74, 6) is -0.631. The molecule has 0 aromatic heterocycles. The van der Waals surface area contributed by atoms with Gasteiger partial charge in [0.05, 0.1) is 27.4 Å². The van der Waals surface area contributed by atoms with Crippen LogP contribution in [0, 0.1) is 23.1 Å². The number of ether oxygens (including phenoxy) is 3. The summed E-state index contributed by atoms with van der Waals surface area (Å²) in [6.07, 6.45) is 0.486. The van der Waals surface area contributed by atoms with E-state index in [4.69, 9.17) is 14.2 Å². The third-order valence-corrected chi connectivity index (χ3v) is 7.65. The maximum atomic E-state index is 14.0. The van der Waals surface area contributed by atoms with Gasteiger partial charge in [-0.1, -0.05) is 12.1 Å². The first-order chi connectivity index (χ1) is 16.3. The SMILES string of the molecule is COc1cc(C(C#N)NC(=O)C2CCN(S(=O)(=O)c3ccccc3F)CC2)cc(OC)c1OC. The van der Waals surface area contributed by atoms with Crippen molar-refractivity contribution in [1.29, 1.82) is 5.26 Å². The highest BCUT2D eigenvalue weighted by Gasteiger charge is 2.34. The third kappa shape index (κ3) is 5.08. The fourth-order valence-electron chi connectivity index (χ4n) is 3.87. The molecule has 1 amide bonds. The average Bonchev–Trinajstić information content (AvgIpc) is 2.86. The van der Waals surface area contributed by atoms with Gasteiger partial charge in [0.1, 0.15) is 16.8 Å². The Kier molecular flexibility index (Phi) is 7.96. The molecule has 2 aromatic rings. The molecule has 3 rings (SSSR count). The Morgan fingerprint density at radius 2 is 1.71 bits per heavy atom. The van der Waals surface area contributed by atoms with Gasteiger partial charge in [-0.15, -0.1) is 0 Å². The number of nitriles is 1. The number of sulfonamides is 1. The highest BCUT2D eigenvalue weighted by atomic mass is 32.2. The Morgan fingerprint density at radius 3 is 2.21 bits per heavy atom. The molecule has 0 bridgehead atoms. The molecule has 2 aromatic carbocycles. The first kappa shape index (κ1) is 25.3. The van der Waals surface area contributed by atoms with Crippen LogP contribution in [-0.2, 0) is 14.8 Å². The molecule has 1 aliphatic heterocycles. The zero-order chi connectivity index (χ0) is 24.9. The van der Waals surface area contributed by atoms with Gasteiger partial charge in [0, 0.05) is 19.0 Å². The number of piperidine rings is 1. The summed E-state index contributed by atoms with van der Waals surface area (Å²) >= 11 is 0. The van der Waals surface area contributed by atoms with E-state index in [1.807, 2.05) is 0 Å². The molecule has 182 valence electrons. The summed E-state index contributed by atoms with van der Waals surface area (Å²) in [7, 11) is 0.358. The molecule has 0 aliphatic carbocycles. The highest BCUT2D eigenvalue weighted by molar-refractivity contribution is 7.89. The minimum absolute atomic E-state index is 0.0656. The van der Waals surface area contributed by atoms with E-state index in [1.54, 1.807) is 12.1 Å². The molecule has 1 atom stereocenters. The molecule has 9 nitrogen and oxygen atoms in total. The predicted molar refractivity (Wildman–Crippen MR) is 120 cm³/mol. The Balaban J connectivity index is 1.70. The summed E-state index contributed by atoms with van der Waals surface area (Å²) in [4.78, 5) is 12.5. The quantitative estimate of drug-likeness (QED) is 0.603. The molecule has 1 N–H and O–H groups in total. The number of rotatable bonds is 8. The summed E-state index contributed by atoms with van der Waals surface area (Å²) in [5.41, 5.74) is 0.449. The van der Waals surface area contributed by atoms with Crippen molar-refractivity contribution in [2.24, 2.45) is 5.92 Å². The monoisotopic (exact) mass is 491 g/mol. The van der Waals surface area contributed by atoms with E-state index in [0.717, 1.165) is 6.07 Å². The number of carbonyl (C=O) groups excluding carboxylic acids is 1. The minimum Gasteiger partial charge on any atom is -0.493 e. The Hall–Kier alpha value is -3.36. The molecule has 1 fully saturated rings. The van der Waals surface area contributed by atoms with Gasteiger partial charge in [-0.25, -0.2) is 12.8 Å². The second kappa shape index (κ2) is 10.7. The van der Waals surface area contributed by atoms with Crippen LogP contribution in [0.3, 0.4) is 0 Å². The van der Waals surface area contributed by atoms with Crippen molar-refractivity contribution < 1.29 is 31.8 Å². The maximum Gasteiger partial charge on any atom is 0.245 e. The number of carbonyl (C=O) groups is 1. The minimum atomic E-state index is -4.00. The fourth-order valence-corrected chi connectivity index (χ4v) is 5.40. The number of hydrogen-bond donors (Lipinski definition) is 1. The highest BCUT2D eigenvalue weighted by Crippen LogP contribution is 2.39. The normalized spacial score (nSPS) is 15.7. The van der Waals surface area contributed by atoms with E-state index in [9.17, 15) is 22.9 Å². The standard InChI is InChI=1S/C23H26FN3O6S/c1-31-19-12-16(13-20(32-2)22(19)33-3)18(14-25)26-23(28)15-8-10-27(11-9-15)34(29,30)21-7-5-4-6-17(21)24/h4-7,12-13,15,18H,8-11H2,1-3H3,(H,26,28). The number of hydrogen-bond acceptors (Lipinski definition) is 7. The molecule has 0 radical (unpaired) electrons. The van der Waals surface area contributed by atoms with Gasteiger partial charge in [-0.05, 0) is 42.7 Å². The van der Waals surface area contributed by atoms with Gasteiger partial charge < -0.3 is 19.5 Å². The molecule has 0 spiro atoms. The molecular formula is C23H26FN3O6S. The van der Waals surface area contributed by atoms with Crippen molar-refractivity contribution in [3.63, 3.8) is 0 Å². The summed E-state index contributed by atoms with van der Waals surface area (Å²) in [6, 6.07) is 9.43. The van der Waals surface area contributed by atoms with E-state index >= 15 is 0 Å². The molecular weight excluding hydrogens is 465 g/mol. The second-order valence-corrected chi connectivity index (χ2v) is 9.54. The molecule has 1 heterocycles. The van der Waals surface area contributed by atoms with Crippen LogP contribution >= 0.6 is 0 Å². The van der Waals surface area contributed by atoms with Gasteiger partial charge >= 0.3 is 0 Å². The lowest BCUT2D eigenvalue weighted by Gasteiger charge is -2.31. The van der Waals surface area contributed by atoms with E-state index in [2.05, 4.69) is 11.4 Å². The van der Waals surface area contributed by atoms with Crippen LogP contribution < -0.4 is 19.5 Å². The molecule has 1 saturated heterocycles. The second-order valence-electron chi connectivity index (χ2n) is 7.64. The number of amides is 1. The summed E-state index contributed by atoms with van der Waals surface area (Å²) < 4.78 is 56.6. The van der Waals surface area contributed by atoms with Crippen molar-refractivity contribution in [3.05, 3.63) is 47.8 Å². The largest absolute Gasteiger partial charge is 0.493 e. The maximum absolute atomic E-state index is 14.0. The van der Waals surface area contributed by atoms with E-state index in [-0.39, 0.29) is 36.7 Å². The number of benzene rings is 2. The topological polar surface area (TPSA) is 118 Å². The smallest absolute Gasteiger partial charge is 0.245 e. The van der Waals surface area contributed by atoms with Crippen molar-refractivity contribution in [2.45, 2.75) is 23.8 Å². The molecule has 11 heteroatoms. The first-order valence-corrected chi connectivity index (χ1v) is 11.9. The molecule has 0 saturated carbocycles. The third-order valence-electron chi connectivity index (χ3n) is 5.72. The van der Waals surface area contributed by atoms with Gasteiger partial charge in [0.2, 0.25) is 21.7 Å². The average molecular weight is 492 g/mol. The Bertz CT molecular complexity index is 1160. The molecule has 1 aliphatic rings.